The molecule has 0 amide bonds. The second kappa shape index (κ2) is 4.08. The minimum atomic E-state index is -3.96. The van der Waals surface area contributed by atoms with Crippen LogP contribution in [0.1, 0.15) is 10.4 Å². The summed E-state index contributed by atoms with van der Waals surface area (Å²) >= 11 is 0. The minimum absolute atomic E-state index is 0.131. The zero-order valence-electron chi connectivity index (χ0n) is 7.69. The molecule has 0 bridgehead atoms. The highest BCUT2D eigenvalue weighted by atomic mass is 35.7. The van der Waals surface area contributed by atoms with Crippen molar-refractivity contribution < 1.29 is 18.3 Å². The van der Waals surface area contributed by atoms with Gasteiger partial charge in [-0.15, -0.1) is 0 Å². The molecule has 1 aromatic rings. The van der Waals surface area contributed by atoms with Crippen LogP contribution in [0.25, 0.3) is 0 Å². The molecule has 1 aromatic carbocycles. The third-order valence-electron chi connectivity index (χ3n) is 1.76. The highest BCUT2D eigenvalue weighted by molar-refractivity contribution is 8.13. The van der Waals surface area contributed by atoms with Gasteiger partial charge in [0.05, 0.1) is 11.3 Å². The Hall–Kier alpha value is -1.27. The average Bonchev–Trinajstić information content (AvgIpc) is 2.15. The maximum Gasteiger partial charge on any atom is 0.335 e. The molecule has 0 heterocycles. The number of anilines is 1. The largest absolute Gasteiger partial charge is 0.478 e. The first kappa shape index (κ1) is 11.8. The van der Waals surface area contributed by atoms with Gasteiger partial charge in [0.1, 0.15) is 4.90 Å². The number of rotatable bonds is 3. The monoisotopic (exact) mass is 249 g/mol. The fourth-order valence-electron chi connectivity index (χ4n) is 1.06. The second-order valence-electron chi connectivity index (χ2n) is 2.70. The van der Waals surface area contributed by atoms with Gasteiger partial charge >= 0.3 is 5.97 Å². The lowest BCUT2D eigenvalue weighted by Gasteiger charge is -2.06. The van der Waals surface area contributed by atoms with Crippen molar-refractivity contribution in [3.63, 3.8) is 0 Å². The van der Waals surface area contributed by atoms with Crippen molar-refractivity contribution in [3.05, 3.63) is 23.8 Å². The van der Waals surface area contributed by atoms with E-state index in [2.05, 4.69) is 5.32 Å². The molecule has 0 unspecified atom stereocenters. The molecule has 15 heavy (non-hydrogen) atoms. The van der Waals surface area contributed by atoms with E-state index in [1.165, 1.54) is 19.2 Å². The van der Waals surface area contributed by atoms with Crippen LogP contribution in [0.4, 0.5) is 5.69 Å². The van der Waals surface area contributed by atoms with Gasteiger partial charge in [0.15, 0.2) is 0 Å². The Morgan fingerprint density at radius 3 is 2.47 bits per heavy atom. The molecule has 0 saturated carbocycles. The van der Waals surface area contributed by atoms with Crippen molar-refractivity contribution in [1.29, 1.82) is 0 Å². The summed E-state index contributed by atoms with van der Waals surface area (Å²) in [7, 11) is 2.72. The third kappa shape index (κ3) is 2.60. The molecule has 5 nitrogen and oxygen atoms in total. The molecule has 0 radical (unpaired) electrons. The van der Waals surface area contributed by atoms with Gasteiger partial charge in [-0.25, -0.2) is 13.2 Å². The van der Waals surface area contributed by atoms with Gasteiger partial charge in [0, 0.05) is 17.7 Å². The van der Waals surface area contributed by atoms with E-state index in [0.29, 0.717) is 0 Å². The molecular formula is C8H8ClNO4S. The molecule has 82 valence electrons. The normalized spacial score (nSPS) is 11.1. The molecule has 1 rings (SSSR count). The van der Waals surface area contributed by atoms with E-state index in [1.54, 1.807) is 0 Å². The lowest BCUT2D eigenvalue weighted by molar-refractivity contribution is 0.0696. The van der Waals surface area contributed by atoms with Crippen LogP contribution in [0.15, 0.2) is 23.1 Å². The molecular weight excluding hydrogens is 242 g/mol. The Labute approximate surface area is 91.1 Å². The molecule has 7 heteroatoms. The first-order valence-electron chi connectivity index (χ1n) is 3.86. The molecule has 0 spiro atoms. The van der Waals surface area contributed by atoms with E-state index in [4.69, 9.17) is 15.8 Å². The number of benzene rings is 1. The number of hydrogen-bond donors (Lipinski definition) is 2. The number of carboxylic acid groups (broad SMARTS) is 1. The van der Waals surface area contributed by atoms with Crippen molar-refractivity contribution in [2.45, 2.75) is 4.90 Å². The third-order valence-corrected chi connectivity index (χ3v) is 3.12. The van der Waals surface area contributed by atoms with E-state index in [0.717, 1.165) is 6.07 Å². The fourth-order valence-corrected chi connectivity index (χ4v) is 2.15. The summed E-state index contributed by atoms with van der Waals surface area (Å²) in [5.41, 5.74) is 0.128. The van der Waals surface area contributed by atoms with Gasteiger partial charge < -0.3 is 10.4 Å². The van der Waals surface area contributed by atoms with Crippen LogP contribution in [-0.2, 0) is 9.05 Å². The van der Waals surface area contributed by atoms with Gasteiger partial charge in [-0.3, -0.25) is 0 Å². The van der Waals surface area contributed by atoms with Crippen LogP contribution in [-0.4, -0.2) is 26.5 Å². The zero-order chi connectivity index (χ0) is 11.6. The molecule has 0 atom stereocenters. The van der Waals surface area contributed by atoms with Gasteiger partial charge in [0.25, 0.3) is 9.05 Å². The fraction of sp³-hybridized carbons (Fsp3) is 0.125. The summed E-state index contributed by atoms with van der Waals surface area (Å²) in [5.74, 6) is -1.21. The van der Waals surface area contributed by atoms with E-state index >= 15 is 0 Å². The first-order valence-corrected chi connectivity index (χ1v) is 6.17. The quantitative estimate of drug-likeness (QED) is 0.790. The summed E-state index contributed by atoms with van der Waals surface area (Å²) in [6, 6.07) is 3.65. The second-order valence-corrected chi connectivity index (χ2v) is 5.24. The molecule has 0 aromatic heterocycles. The first-order chi connectivity index (χ1) is 6.86. The summed E-state index contributed by atoms with van der Waals surface area (Å²) in [6.07, 6.45) is 0. The SMILES string of the molecule is CNc1ccc(C(=O)O)cc1S(=O)(=O)Cl. The summed E-state index contributed by atoms with van der Waals surface area (Å²) in [5, 5.41) is 11.3. The van der Waals surface area contributed by atoms with Gasteiger partial charge in [-0.05, 0) is 18.2 Å². The van der Waals surface area contributed by atoms with Crippen molar-refractivity contribution in [1.82, 2.24) is 0 Å². The van der Waals surface area contributed by atoms with Crippen molar-refractivity contribution >= 4 is 31.4 Å². The molecule has 2 N–H and O–H groups in total. The van der Waals surface area contributed by atoms with Gasteiger partial charge in [0.2, 0.25) is 0 Å². The Balaban J connectivity index is 3.46. The van der Waals surface area contributed by atoms with Gasteiger partial charge in [-0.1, -0.05) is 0 Å². The molecule has 0 saturated heterocycles. The highest BCUT2D eigenvalue weighted by Gasteiger charge is 2.17. The maximum absolute atomic E-state index is 11.1. The Morgan fingerprint density at radius 1 is 1.47 bits per heavy atom. The molecule has 0 fully saturated rings. The Kier molecular flexibility index (Phi) is 3.21. The lowest BCUT2D eigenvalue weighted by atomic mass is 10.2. The zero-order valence-corrected chi connectivity index (χ0v) is 9.26. The van der Waals surface area contributed by atoms with E-state index in [9.17, 15) is 13.2 Å². The standard InChI is InChI=1S/C8H8ClNO4S/c1-10-6-3-2-5(8(11)12)4-7(6)15(9,13)14/h2-4,10H,1H3,(H,11,12). The van der Waals surface area contributed by atoms with Crippen LogP contribution in [0.3, 0.4) is 0 Å². The number of carbonyl (C=O) groups is 1. The minimum Gasteiger partial charge on any atom is -0.478 e. The number of hydrogen-bond acceptors (Lipinski definition) is 4. The van der Waals surface area contributed by atoms with Crippen LogP contribution in [0.5, 0.6) is 0 Å². The van der Waals surface area contributed by atoms with E-state index in [-0.39, 0.29) is 16.1 Å². The average molecular weight is 250 g/mol. The van der Waals surface area contributed by atoms with E-state index in [1.807, 2.05) is 0 Å². The Morgan fingerprint density at radius 2 is 2.07 bits per heavy atom. The van der Waals surface area contributed by atoms with Crippen LogP contribution in [0, 0.1) is 0 Å². The summed E-state index contributed by atoms with van der Waals surface area (Å²) in [6.45, 7) is 0. The number of aromatic carboxylic acids is 1. The molecule has 0 aliphatic heterocycles. The van der Waals surface area contributed by atoms with Crippen LogP contribution >= 0.6 is 10.7 Å². The van der Waals surface area contributed by atoms with Crippen LogP contribution in [0.2, 0.25) is 0 Å². The number of carboxylic acids is 1. The highest BCUT2D eigenvalue weighted by Crippen LogP contribution is 2.25. The van der Waals surface area contributed by atoms with Crippen molar-refractivity contribution in [2.24, 2.45) is 0 Å². The predicted octanol–water partition coefficient (Wildman–Crippen LogP) is 1.35. The van der Waals surface area contributed by atoms with E-state index < -0.39 is 15.0 Å². The van der Waals surface area contributed by atoms with Gasteiger partial charge in [-0.2, -0.15) is 0 Å². The Bertz CT molecular complexity index is 497. The number of halogens is 1. The van der Waals surface area contributed by atoms with Crippen LogP contribution < -0.4 is 5.32 Å². The van der Waals surface area contributed by atoms with Crippen molar-refractivity contribution in [3.8, 4) is 0 Å². The topological polar surface area (TPSA) is 83.5 Å². The summed E-state index contributed by atoms with van der Waals surface area (Å²) < 4.78 is 22.2. The van der Waals surface area contributed by atoms with Crippen molar-refractivity contribution in [2.75, 3.05) is 12.4 Å². The maximum atomic E-state index is 11.1. The predicted molar refractivity (Wildman–Crippen MR) is 56.0 cm³/mol. The number of nitrogens with one attached hydrogen (secondary N) is 1. The smallest absolute Gasteiger partial charge is 0.335 e. The summed E-state index contributed by atoms with van der Waals surface area (Å²) in [4.78, 5) is 10.4. The lowest BCUT2D eigenvalue weighted by Crippen LogP contribution is -2.03. The molecule has 0 aliphatic rings. The molecule has 0 aliphatic carbocycles.